The molecule has 0 aliphatic rings. The van der Waals surface area contributed by atoms with Gasteiger partial charge in [0.1, 0.15) is 15.2 Å². The standard InChI is InChI=1S/C13H13N5OS2/c1-7-6-20-8(18-7)2-3-16-12(19)11-9(14)10-13(21-11)17-5-4-15-10/h4-6H,2-3,14H2,1H3,(H,16,19). The summed E-state index contributed by atoms with van der Waals surface area (Å²) < 4.78 is 0. The molecule has 0 bridgehead atoms. The van der Waals surface area contributed by atoms with E-state index in [1.54, 1.807) is 23.7 Å². The van der Waals surface area contributed by atoms with Crippen LogP contribution in [0, 0.1) is 6.92 Å². The predicted octanol–water partition coefficient (Wildman–Crippen LogP) is 2.01. The van der Waals surface area contributed by atoms with Crippen molar-refractivity contribution in [1.29, 1.82) is 0 Å². The minimum Gasteiger partial charge on any atom is -0.396 e. The Kier molecular flexibility index (Phi) is 3.80. The molecule has 0 saturated heterocycles. The first-order valence-corrected chi connectivity index (χ1v) is 8.03. The quantitative estimate of drug-likeness (QED) is 0.767. The molecule has 0 aromatic carbocycles. The molecule has 0 fully saturated rings. The summed E-state index contributed by atoms with van der Waals surface area (Å²) in [4.78, 5) is 26.0. The lowest BCUT2D eigenvalue weighted by atomic mass is 10.3. The molecule has 21 heavy (non-hydrogen) atoms. The van der Waals surface area contributed by atoms with Gasteiger partial charge in [-0.25, -0.2) is 15.0 Å². The van der Waals surface area contributed by atoms with Crippen LogP contribution in [0.1, 0.15) is 20.4 Å². The number of thiophene rings is 1. The minimum atomic E-state index is -0.189. The van der Waals surface area contributed by atoms with Gasteiger partial charge in [-0.15, -0.1) is 22.7 Å². The Labute approximate surface area is 129 Å². The number of carbonyl (C=O) groups excluding carboxylic acids is 1. The van der Waals surface area contributed by atoms with Gasteiger partial charge in [0.25, 0.3) is 5.91 Å². The number of amides is 1. The first-order chi connectivity index (χ1) is 10.1. The maximum atomic E-state index is 12.2. The van der Waals surface area contributed by atoms with Crippen LogP contribution in [0.15, 0.2) is 17.8 Å². The van der Waals surface area contributed by atoms with Gasteiger partial charge >= 0.3 is 0 Å². The van der Waals surface area contributed by atoms with Gasteiger partial charge in [0.05, 0.1) is 10.7 Å². The highest BCUT2D eigenvalue weighted by Gasteiger charge is 2.17. The van der Waals surface area contributed by atoms with E-state index in [0.29, 0.717) is 33.9 Å². The van der Waals surface area contributed by atoms with Crippen LogP contribution in [0.2, 0.25) is 0 Å². The van der Waals surface area contributed by atoms with Crippen molar-refractivity contribution >= 4 is 44.6 Å². The zero-order chi connectivity index (χ0) is 14.8. The van der Waals surface area contributed by atoms with E-state index in [0.717, 1.165) is 10.7 Å². The number of hydrogen-bond donors (Lipinski definition) is 2. The molecule has 0 spiro atoms. The molecule has 8 heteroatoms. The van der Waals surface area contributed by atoms with Crippen LogP contribution in [-0.4, -0.2) is 27.4 Å². The fourth-order valence-corrected chi connectivity index (χ4v) is 3.61. The lowest BCUT2D eigenvalue weighted by molar-refractivity contribution is 0.0959. The Morgan fingerprint density at radius 2 is 2.19 bits per heavy atom. The highest BCUT2D eigenvalue weighted by Crippen LogP contribution is 2.30. The Morgan fingerprint density at radius 1 is 1.38 bits per heavy atom. The lowest BCUT2D eigenvalue weighted by Gasteiger charge is -2.02. The van der Waals surface area contributed by atoms with Crippen LogP contribution in [0.3, 0.4) is 0 Å². The molecular weight excluding hydrogens is 306 g/mol. The van der Waals surface area contributed by atoms with Gasteiger partial charge in [0.15, 0.2) is 0 Å². The summed E-state index contributed by atoms with van der Waals surface area (Å²) in [6.07, 6.45) is 3.87. The van der Waals surface area contributed by atoms with E-state index >= 15 is 0 Å². The Balaban J connectivity index is 1.68. The minimum absolute atomic E-state index is 0.189. The normalized spacial score (nSPS) is 10.9. The summed E-state index contributed by atoms with van der Waals surface area (Å²) in [6, 6.07) is 0. The van der Waals surface area contributed by atoms with E-state index in [1.165, 1.54) is 11.3 Å². The monoisotopic (exact) mass is 319 g/mol. The van der Waals surface area contributed by atoms with Crippen molar-refractivity contribution < 1.29 is 4.79 Å². The lowest BCUT2D eigenvalue weighted by Crippen LogP contribution is -2.25. The van der Waals surface area contributed by atoms with Gasteiger partial charge in [-0.2, -0.15) is 0 Å². The van der Waals surface area contributed by atoms with Crippen molar-refractivity contribution in [2.24, 2.45) is 0 Å². The number of aromatic nitrogens is 3. The fourth-order valence-electron chi connectivity index (χ4n) is 1.89. The number of carbonyl (C=O) groups is 1. The molecule has 3 aromatic heterocycles. The summed E-state index contributed by atoms with van der Waals surface area (Å²) in [5.41, 5.74) is 7.95. The SMILES string of the molecule is Cc1csc(CCNC(=O)c2sc3nccnc3c2N)n1. The van der Waals surface area contributed by atoms with Gasteiger partial charge < -0.3 is 11.1 Å². The second-order valence-electron chi connectivity index (χ2n) is 4.44. The van der Waals surface area contributed by atoms with Gasteiger partial charge in [-0.1, -0.05) is 0 Å². The summed E-state index contributed by atoms with van der Waals surface area (Å²) >= 11 is 2.86. The fraction of sp³-hybridized carbons (Fsp3) is 0.231. The van der Waals surface area contributed by atoms with Gasteiger partial charge in [-0.05, 0) is 6.92 Å². The number of hydrogen-bond acceptors (Lipinski definition) is 7. The summed E-state index contributed by atoms with van der Waals surface area (Å²) in [5.74, 6) is -0.189. The third kappa shape index (κ3) is 2.86. The third-order valence-corrected chi connectivity index (χ3v) is 4.99. The zero-order valence-corrected chi connectivity index (χ0v) is 12.9. The van der Waals surface area contributed by atoms with Gasteiger partial charge in [-0.3, -0.25) is 4.79 Å². The van der Waals surface area contributed by atoms with Crippen molar-refractivity contribution in [3.63, 3.8) is 0 Å². The van der Waals surface area contributed by atoms with E-state index in [1.807, 2.05) is 12.3 Å². The smallest absolute Gasteiger partial charge is 0.263 e. The highest BCUT2D eigenvalue weighted by atomic mass is 32.1. The molecule has 108 valence electrons. The molecule has 3 aromatic rings. The van der Waals surface area contributed by atoms with Crippen molar-refractivity contribution in [2.45, 2.75) is 13.3 Å². The van der Waals surface area contributed by atoms with Crippen LogP contribution in [-0.2, 0) is 6.42 Å². The maximum Gasteiger partial charge on any atom is 0.263 e. The first kappa shape index (κ1) is 13.9. The van der Waals surface area contributed by atoms with Crippen molar-refractivity contribution in [1.82, 2.24) is 20.3 Å². The second kappa shape index (κ2) is 5.74. The molecule has 0 atom stereocenters. The number of anilines is 1. The molecule has 3 N–H and O–H groups in total. The summed E-state index contributed by atoms with van der Waals surface area (Å²) in [6.45, 7) is 2.48. The highest BCUT2D eigenvalue weighted by molar-refractivity contribution is 7.21. The average molecular weight is 319 g/mol. The molecule has 3 rings (SSSR count). The third-order valence-electron chi connectivity index (χ3n) is 2.86. The van der Waals surface area contributed by atoms with Crippen molar-refractivity contribution in [2.75, 3.05) is 12.3 Å². The molecule has 1 amide bonds. The van der Waals surface area contributed by atoms with Crippen LogP contribution in [0.4, 0.5) is 5.69 Å². The summed E-state index contributed by atoms with van der Waals surface area (Å²) in [5, 5.41) is 5.87. The number of nitrogens with two attached hydrogens (primary N) is 1. The van der Waals surface area contributed by atoms with E-state index in [-0.39, 0.29) is 5.91 Å². The molecule has 3 heterocycles. The summed E-state index contributed by atoms with van der Waals surface area (Å²) in [7, 11) is 0. The first-order valence-electron chi connectivity index (χ1n) is 6.33. The van der Waals surface area contributed by atoms with Crippen LogP contribution in [0.5, 0.6) is 0 Å². The Bertz CT molecular complexity index is 795. The number of aryl methyl sites for hydroxylation is 1. The number of rotatable bonds is 4. The van der Waals surface area contributed by atoms with Crippen LogP contribution >= 0.6 is 22.7 Å². The van der Waals surface area contributed by atoms with Crippen LogP contribution < -0.4 is 11.1 Å². The maximum absolute atomic E-state index is 12.2. The van der Waals surface area contributed by atoms with Gasteiger partial charge in [0, 0.05) is 36.4 Å². The predicted molar refractivity (Wildman–Crippen MR) is 84.7 cm³/mol. The second-order valence-corrected chi connectivity index (χ2v) is 6.39. The molecule has 0 saturated carbocycles. The zero-order valence-electron chi connectivity index (χ0n) is 11.3. The molecular formula is C13H13N5OS2. The van der Waals surface area contributed by atoms with E-state index in [2.05, 4.69) is 20.3 Å². The van der Waals surface area contributed by atoms with Crippen molar-refractivity contribution in [3.05, 3.63) is 33.4 Å². The number of fused-ring (bicyclic) bond motifs is 1. The van der Waals surface area contributed by atoms with Gasteiger partial charge in [0.2, 0.25) is 0 Å². The number of thiazole rings is 1. The van der Waals surface area contributed by atoms with Crippen molar-refractivity contribution in [3.8, 4) is 0 Å². The Hall–Kier alpha value is -2.06. The molecule has 0 radical (unpaired) electrons. The van der Waals surface area contributed by atoms with E-state index in [9.17, 15) is 4.79 Å². The molecule has 0 unspecified atom stereocenters. The molecule has 0 aliphatic heterocycles. The molecule has 0 aliphatic carbocycles. The number of nitrogen functional groups attached to an aromatic ring is 1. The topological polar surface area (TPSA) is 93.8 Å². The average Bonchev–Trinajstić information content (AvgIpc) is 3.03. The number of nitrogens with zero attached hydrogens (tertiary/aromatic N) is 3. The van der Waals surface area contributed by atoms with E-state index in [4.69, 9.17) is 5.73 Å². The largest absolute Gasteiger partial charge is 0.396 e. The molecule has 6 nitrogen and oxygen atoms in total. The Morgan fingerprint density at radius 3 is 2.90 bits per heavy atom. The number of nitrogens with one attached hydrogen (secondary N) is 1. The van der Waals surface area contributed by atoms with E-state index < -0.39 is 0 Å². The van der Waals surface area contributed by atoms with Crippen LogP contribution in [0.25, 0.3) is 10.3 Å².